The minimum Gasteiger partial charge on any atom is -0.465 e. The third-order valence-electron chi connectivity index (χ3n) is 3.45. The van der Waals surface area contributed by atoms with Gasteiger partial charge in [-0.1, -0.05) is 0 Å². The molecule has 0 saturated heterocycles. The number of carbonyl (C=O) groups is 1. The largest absolute Gasteiger partial charge is 0.465 e. The average Bonchev–Trinajstić information content (AvgIpc) is 2.16. The number of hydrogen-bond acceptors (Lipinski definition) is 4. The Bertz CT molecular complexity index is 442. The Kier molecular flexibility index (Phi) is 5.43. The summed E-state index contributed by atoms with van der Waals surface area (Å²) in [5.41, 5.74) is -0.0898. The number of rotatable bonds is 4. The van der Waals surface area contributed by atoms with Crippen molar-refractivity contribution in [3.05, 3.63) is 0 Å². The normalized spacial score (nSPS) is 28.1. The fourth-order valence-corrected chi connectivity index (χ4v) is 4.04. The van der Waals surface area contributed by atoms with E-state index in [1.165, 1.54) is 6.26 Å². The third kappa shape index (κ3) is 6.56. The molecule has 0 aromatic heterocycles. The van der Waals surface area contributed by atoms with Gasteiger partial charge < -0.3 is 15.7 Å². The fourth-order valence-electron chi connectivity index (χ4n) is 2.89. The van der Waals surface area contributed by atoms with Crippen molar-refractivity contribution in [2.75, 3.05) is 12.0 Å². The van der Waals surface area contributed by atoms with E-state index in [-0.39, 0.29) is 29.3 Å². The van der Waals surface area contributed by atoms with Crippen LogP contribution < -0.4 is 10.6 Å². The van der Waals surface area contributed by atoms with Gasteiger partial charge >= 0.3 is 6.09 Å². The predicted molar refractivity (Wildman–Crippen MR) is 78.7 cm³/mol. The minimum absolute atomic E-state index is 0.0603. The van der Waals surface area contributed by atoms with Gasteiger partial charge in [0.1, 0.15) is 9.84 Å². The van der Waals surface area contributed by atoms with Gasteiger partial charge in [-0.25, -0.2) is 13.2 Å². The molecule has 0 bridgehead atoms. The molecule has 7 heteroatoms. The van der Waals surface area contributed by atoms with Crippen LogP contribution in [0.4, 0.5) is 4.79 Å². The van der Waals surface area contributed by atoms with Gasteiger partial charge in [0.25, 0.3) is 0 Å². The molecule has 0 heterocycles. The summed E-state index contributed by atoms with van der Waals surface area (Å²) in [6.45, 7) is 6.14. The zero-order valence-electron chi connectivity index (χ0n) is 12.6. The highest BCUT2D eigenvalue weighted by molar-refractivity contribution is 7.90. The molecular weight excluding hydrogens is 280 g/mol. The molecule has 0 radical (unpaired) electrons. The van der Waals surface area contributed by atoms with Gasteiger partial charge in [-0.2, -0.15) is 0 Å². The van der Waals surface area contributed by atoms with Crippen molar-refractivity contribution in [3.63, 3.8) is 0 Å². The number of amides is 1. The first kappa shape index (κ1) is 17.2. The van der Waals surface area contributed by atoms with E-state index in [9.17, 15) is 13.2 Å². The van der Waals surface area contributed by atoms with Gasteiger partial charge in [0.15, 0.2) is 0 Å². The van der Waals surface area contributed by atoms with Gasteiger partial charge in [-0.3, -0.25) is 0 Å². The molecule has 1 fully saturated rings. The highest BCUT2D eigenvalue weighted by Crippen LogP contribution is 2.27. The van der Waals surface area contributed by atoms with Crippen molar-refractivity contribution < 1.29 is 18.3 Å². The first-order valence-corrected chi connectivity index (χ1v) is 8.97. The third-order valence-corrected chi connectivity index (χ3v) is 4.48. The molecule has 1 aliphatic rings. The summed E-state index contributed by atoms with van der Waals surface area (Å²) in [4.78, 5) is 10.7. The number of hydrogen-bond donors (Lipinski definition) is 3. The summed E-state index contributed by atoms with van der Waals surface area (Å²) >= 11 is 0. The predicted octanol–water partition coefficient (Wildman–Crippen LogP) is 1.22. The maximum atomic E-state index is 11.6. The molecule has 3 N–H and O–H groups in total. The lowest BCUT2D eigenvalue weighted by atomic mass is 9.81. The highest BCUT2D eigenvalue weighted by Gasteiger charge is 2.34. The van der Waals surface area contributed by atoms with Crippen LogP contribution in [-0.4, -0.2) is 49.2 Å². The van der Waals surface area contributed by atoms with Gasteiger partial charge in [0.05, 0.1) is 5.75 Å². The standard InChI is InChI=1S/C13H26N2O4S/c1-13(2,3)15-11-6-5-10(14-12(16)17)7-9(11)8-20(4,18)19/h9-11,14-15H,5-8H2,1-4H3,(H,16,17)/t9-,10?,11-/m0/s1. The van der Waals surface area contributed by atoms with E-state index >= 15 is 0 Å². The first-order chi connectivity index (χ1) is 8.96. The lowest BCUT2D eigenvalue weighted by Gasteiger charge is -2.40. The Morgan fingerprint density at radius 2 is 1.90 bits per heavy atom. The van der Waals surface area contributed by atoms with E-state index in [1.807, 2.05) is 20.8 Å². The van der Waals surface area contributed by atoms with Crippen LogP contribution in [-0.2, 0) is 9.84 Å². The van der Waals surface area contributed by atoms with Gasteiger partial charge in [-0.05, 0) is 46.0 Å². The van der Waals surface area contributed by atoms with Crippen molar-refractivity contribution in [2.45, 2.75) is 57.7 Å². The molecule has 1 unspecified atom stereocenters. The van der Waals surface area contributed by atoms with Crippen LogP contribution in [0.1, 0.15) is 40.0 Å². The molecule has 20 heavy (non-hydrogen) atoms. The molecule has 1 saturated carbocycles. The van der Waals surface area contributed by atoms with Crippen molar-refractivity contribution in [2.24, 2.45) is 5.92 Å². The van der Waals surface area contributed by atoms with E-state index in [0.29, 0.717) is 6.42 Å². The quantitative estimate of drug-likeness (QED) is 0.726. The van der Waals surface area contributed by atoms with Crippen molar-refractivity contribution >= 4 is 15.9 Å². The summed E-state index contributed by atoms with van der Waals surface area (Å²) < 4.78 is 23.2. The minimum atomic E-state index is -3.08. The second kappa shape index (κ2) is 6.30. The molecule has 1 amide bonds. The molecule has 3 atom stereocenters. The van der Waals surface area contributed by atoms with E-state index in [4.69, 9.17) is 5.11 Å². The molecule has 1 rings (SSSR count). The second-order valence-corrected chi connectivity index (χ2v) is 9.00. The van der Waals surface area contributed by atoms with Gasteiger partial charge in [-0.15, -0.1) is 0 Å². The Labute approximate surface area is 121 Å². The maximum absolute atomic E-state index is 11.6. The maximum Gasteiger partial charge on any atom is 0.404 e. The summed E-state index contributed by atoms with van der Waals surface area (Å²) in [7, 11) is -3.08. The molecule has 0 aliphatic heterocycles. The zero-order chi connectivity index (χ0) is 15.6. The van der Waals surface area contributed by atoms with Crippen LogP contribution in [0.25, 0.3) is 0 Å². The van der Waals surface area contributed by atoms with Crippen LogP contribution in [0.5, 0.6) is 0 Å². The zero-order valence-corrected chi connectivity index (χ0v) is 13.5. The second-order valence-electron chi connectivity index (χ2n) is 6.81. The van der Waals surface area contributed by atoms with Crippen LogP contribution in [0.15, 0.2) is 0 Å². The smallest absolute Gasteiger partial charge is 0.404 e. The van der Waals surface area contributed by atoms with Crippen LogP contribution in [0, 0.1) is 5.92 Å². The molecule has 0 aromatic carbocycles. The van der Waals surface area contributed by atoms with Crippen LogP contribution >= 0.6 is 0 Å². The topological polar surface area (TPSA) is 95.5 Å². The summed E-state index contributed by atoms with van der Waals surface area (Å²) in [6, 6.07) is -0.0474. The van der Waals surface area contributed by atoms with Gasteiger partial charge in [0, 0.05) is 23.9 Å². The molecule has 0 aromatic rings. The SMILES string of the molecule is CC(C)(C)N[C@H]1CCC(NC(=O)O)C[C@H]1CS(C)(=O)=O. The summed E-state index contributed by atoms with van der Waals surface area (Å²) in [6.07, 6.45) is 2.26. The first-order valence-electron chi connectivity index (χ1n) is 6.91. The monoisotopic (exact) mass is 306 g/mol. The van der Waals surface area contributed by atoms with E-state index in [1.54, 1.807) is 0 Å². The number of carboxylic acid groups (broad SMARTS) is 1. The Morgan fingerprint density at radius 3 is 2.35 bits per heavy atom. The number of sulfone groups is 1. The summed E-state index contributed by atoms with van der Waals surface area (Å²) in [5.74, 6) is 0.0354. The number of nitrogens with one attached hydrogen (secondary N) is 2. The van der Waals surface area contributed by atoms with E-state index in [0.717, 1.165) is 12.8 Å². The summed E-state index contributed by atoms with van der Waals surface area (Å²) in [5, 5.41) is 14.7. The Balaban J connectivity index is 2.77. The Hall–Kier alpha value is -0.820. The van der Waals surface area contributed by atoms with Crippen molar-refractivity contribution in [1.29, 1.82) is 0 Å². The Morgan fingerprint density at radius 1 is 1.30 bits per heavy atom. The van der Waals surface area contributed by atoms with Crippen molar-refractivity contribution in [3.8, 4) is 0 Å². The highest BCUT2D eigenvalue weighted by atomic mass is 32.2. The molecule has 1 aliphatic carbocycles. The fraction of sp³-hybridized carbons (Fsp3) is 0.923. The molecule has 6 nitrogen and oxygen atoms in total. The lowest BCUT2D eigenvalue weighted by Crippen LogP contribution is -2.53. The van der Waals surface area contributed by atoms with Crippen LogP contribution in [0.3, 0.4) is 0 Å². The van der Waals surface area contributed by atoms with E-state index < -0.39 is 15.9 Å². The average molecular weight is 306 g/mol. The molecular formula is C13H26N2O4S. The molecule has 118 valence electrons. The lowest BCUT2D eigenvalue weighted by molar-refractivity contribution is 0.169. The molecule has 0 spiro atoms. The van der Waals surface area contributed by atoms with Crippen LogP contribution in [0.2, 0.25) is 0 Å². The van der Waals surface area contributed by atoms with Crippen molar-refractivity contribution in [1.82, 2.24) is 10.6 Å². The van der Waals surface area contributed by atoms with Gasteiger partial charge in [0.2, 0.25) is 0 Å². The van der Waals surface area contributed by atoms with E-state index in [2.05, 4.69) is 10.6 Å².